The van der Waals surface area contributed by atoms with E-state index in [0.29, 0.717) is 18.2 Å². The lowest BCUT2D eigenvalue weighted by molar-refractivity contribution is 0.0615. The summed E-state index contributed by atoms with van der Waals surface area (Å²) in [6.07, 6.45) is 4.61. The number of imidazole rings is 1. The van der Waals surface area contributed by atoms with Crippen LogP contribution < -0.4 is 5.32 Å². The lowest BCUT2D eigenvalue weighted by Crippen LogP contribution is -2.49. The standard InChI is InChI=1S/C16H23N5OS.2ClH/c1-11(2)8-14-19-12(10-23-14)16(22)21-7-4-17-9-13(21)15-18-5-6-20(15)3;;/h5-6,10-11,13,17H,4,7-9H2,1-3H3;2*1H. The zero-order valence-electron chi connectivity index (χ0n) is 14.6. The highest BCUT2D eigenvalue weighted by molar-refractivity contribution is 7.09. The lowest BCUT2D eigenvalue weighted by Gasteiger charge is -2.35. The van der Waals surface area contributed by atoms with Gasteiger partial charge in [0.15, 0.2) is 0 Å². The van der Waals surface area contributed by atoms with Crippen LogP contribution in [0.4, 0.5) is 0 Å². The van der Waals surface area contributed by atoms with Crippen molar-refractivity contribution in [3.8, 4) is 0 Å². The van der Waals surface area contributed by atoms with Crippen LogP contribution in [0.25, 0.3) is 0 Å². The van der Waals surface area contributed by atoms with Gasteiger partial charge in [0.1, 0.15) is 17.6 Å². The molecule has 2 aromatic rings. The summed E-state index contributed by atoms with van der Waals surface area (Å²) in [6.45, 7) is 6.52. The Bertz CT molecular complexity index is 688. The molecule has 0 spiro atoms. The number of thiazole rings is 1. The van der Waals surface area contributed by atoms with E-state index in [1.807, 2.05) is 28.1 Å². The molecule has 0 aliphatic carbocycles. The molecule has 25 heavy (non-hydrogen) atoms. The van der Waals surface area contributed by atoms with Gasteiger partial charge in [0.25, 0.3) is 5.91 Å². The molecule has 1 unspecified atom stereocenters. The van der Waals surface area contributed by atoms with E-state index in [9.17, 15) is 4.79 Å². The molecular weight excluding hydrogens is 381 g/mol. The molecule has 1 atom stereocenters. The number of aromatic nitrogens is 3. The van der Waals surface area contributed by atoms with Crippen LogP contribution in [-0.2, 0) is 13.5 Å². The number of nitrogens with one attached hydrogen (secondary N) is 1. The molecule has 1 aliphatic rings. The van der Waals surface area contributed by atoms with Crippen molar-refractivity contribution >= 4 is 42.1 Å². The third kappa shape index (κ3) is 4.94. The average molecular weight is 406 g/mol. The maximum absolute atomic E-state index is 12.9. The van der Waals surface area contributed by atoms with Crippen LogP contribution >= 0.6 is 36.2 Å². The van der Waals surface area contributed by atoms with Gasteiger partial charge in [0, 0.05) is 50.9 Å². The van der Waals surface area contributed by atoms with E-state index >= 15 is 0 Å². The van der Waals surface area contributed by atoms with Crippen molar-refractivity contribution in [1.82, 2.24) is 24.8 Å². The van der Waals surface area contributed by atoms with E-state index in [0.717, 1.165) is 30.3 Å². The van der Waals surface area contributed by atoms with E-state index in [2.05, 4.69) is 29.1 Å². The molecule has 1 saturated heterocycles. The van der Waals surface area contributed by atoms with Gasteiger partial charge in [-0.05, 0) is 5.92 Å². The molecule has 0 radical (unpaired) electrons. The first kappa shape index (κ1) is 21.9. The highest BCUT2D eigenvalue weighted by Gasteiger charge is 2.32. The summed E-state index contributed by atoms with van der Waals surface area (Å²) in [4.78, 5) is 23.8. The number of rotatable bonds is 4. The molecule has 3 rings (SSSR count). The van der Waals surface area contributed by atoms with Crippen LogP contribution in [0.2, 0.25) is 0 Å². The topological polar surface area (TPSA) is 63.1 Å². The fourth-order valence-corrected chi connectivity index (χ4v) is 3.86. The minimum atomic E-state index is -0.0495. The number of halogens is 2. The molecule has 0 aromatic carbocycles. The van der Waals surface area contributed by atoms with Crippen molar-refractivity contribution in [3.63, 3.8) is 0 Å². The molecule has 1 amide bonds. The number of aryl methyl sites for hydroxylation is 1. The predicted molar refractivity (Wildman–Crippen MR) is 105 cm³/mol. The molecule has 0 saturated carbocycles. The minimum absolute atomic E-state index is 0. The summed E-state index contributed by atoms with van der Waals surface area (Å²) in [5.41, 5.74) is 0.562. The summed E-state index contributed by atoms with van der Waals surface area (Å²) < 4.78 is 1.98. The highest BCUT2D eigenvalue weighted by Crippen LogP contribution is 2.24. The number of hydrogen-bond donors (Lipinski definition) is 1. The number of piperazine rings is 1. The molecule has 140 valence electrons. The monoisotopic (exact) mass is 405 g/mol. The van der Waals surface area contributed by atoms with Gasteiger partial charge in [-0.3, -0.25) is 4.79 Å². The number of nitrogens with zero attached hydrogens (tertiary/aromatic N) is 4. The molecule has 1 aliphatic heterocycles. The van der Waals surface area contributed by atoms with Crippen molar-refractivity contribution in [2.24, 2.45) is 13.0 Å². The summed E-state index contributed by atoms with van der Waals surface area (Å²) in [7, 11) is 1.96. The largest absolute Gasteiger partial charge is 0.336 e. The van der Waals surface area contributed by atoms with Gasteiger partial charge in [0.2, 0.25) is 0 Å². The van der Waals surface area contributed by atoms with Crippen LogP contribution in [0.15, 0.2) is 17.8 Å². The number of hydrogen-bond acceptors (Lipinski definition) is 5. The first-order valence-corrected chi connectivity index (χ1v) is 8.87. The Morgan fingerprint density at radius 1 is 1.44 bits per heavy atom. The smallest absolute Gasteiger partial charge is 0.274 e. The van der Waals surface area contributed by atoms with Crippen LogP contribution in [0.1, 0.15) is 41.2 Å². The van der Waals surface area contributed by atoms with Gasteiger partial charge in [-0.15, -0.1) is 36.2 Å². The molecule has 9 heteroatoms. The quantitative estimate of drug-likeness (QED) is 0.848. The van der Waals surface area contributed by atoms with Crippen LogP contribution in [0.3, 0.4) is 0 Å². The predicted octanol–water partition coefficient (Wildman–Crippen LogP) is 2.71. The molecule has 6 nitrogen and oxygen atoms in total. The Morgan fingerprint density at radius 3 is 2.84 bits per heavy atom. The Kier molecular flexibility index (Phi) is 8.34. The van der Waals surface area contributed by atoms with Gasteiger partial charge in [-0.25, -0.2) is 9.97 Å². The van der Waals surface area contributed by atoms with Crippen molar-refractivity contribution in [3.05, 3.63) is 34.3 Å². The second-order valence-corrected chi connectivity index (χ2v) is 7.28. The molecule has 1 fully saturated rings. The van der Waals surface area contributed by atoms with Crippen molar-refractivity contribution in [2.45, 2.75) is 26.3 Å². The van der Waals surface area contributed by atoms with E-state index < -0.39 is 0 Å². The minimum Gasteiger partial charge on any atom is -0.336 e. The number of carbonyl (C=O) groups is 1. The zero-order valence-corrected chi connectivity index (χ0v) is 17.1. The lowest BCUT2D eigenvalue weighted by atomic mass is 10.1. The first-order valence-electron chi connectivity index (χ1n) is 7.99. The van der Waals surface area contributed by atoms with Crippen molar-refractivity contribution in [1.29, 1.82) is 0 Å². The summed E-state index contributed by atoms with van der Waals surface area (Å²) in [5.74, 6) is 1.46. The maximum atomic E-state index is 12.9. The van der Waals surface area contributed by atoms with Gasteiger partial charge in [-0.2, -0.15) is 0 Å². The fourth-order valence-electron chi connectivity index (χ4n) is 2.88. The Balaban J connectivity index is 0.00000156. The molecular formula is C16H25Cl2N5OS. The zero-order chi connectivity index (χ0) is 16.4. The number of amides is 1. The van der Waals surface area contributed by atoms with Crippen LogP contribution in [0.5, 0.6) is 0 Å². The Morgan fingerprint density at radius 2 is 2.20 bits per heavy atom. The van der Waals surface area contributed by atoms with Gasteiger partial charge in [0.05, 0.1) is 5.01 Å². The normalized spacial score (nSPS) is 17.1. The molecule has 0 bridgehead atoms. The van der Waals surface area contributed by atoms with E-state index in [1.165, 1.54) is 0 Å². The van der Waals surface area contributed by atoms with Crippen LogP contribution in [-0.4, -0.2) is 45.0 Å². The molecule has 1 N–H and O–H groups in total. The van der Waals surface area contributed by atoms with E-state index in [1.54, 1.807) is 17.5 Å². The third-order valence-electron chi connectivity index (χ3n) is 4.01. The van der Waals surface area contributed by atoms with E-state index in [4.69, 9.17) is 0 Å². The average Bonchev–Trinajstić information content (AvgIpc) is 3.15. The van der Waals surface area contributed by atoms with E-state index in [-0.39, 0.29) is 36.8 Å². The second kappa shape index (κ2) is 9.52. The first-order chi connectivity index (χ1) is 11.1. The highest BCUT2D eigenvalue weighted by atomic mass is 35.5. The summed E-state index contributed by atoms with van der Waals surface area (Å²) >= 11 is 1.58. The Hall–Kier alpha value is -1.15. The number of carbonyl (C=O) groups excluding carboxylic acids is 1. The van der Waals surface area contributed by atoms with Crippen molar-refractivity contribution < 1.29 is 4.79 Å². The third-order valence-corrected chi connectivity index (χ3v) is 4.89. The van der Waals surface area contributed by atoms with Crippen molar-refractivity contribution in [2.75, 3.05) is 19.6 Å². The van der Waals surface area contributed by atoms with Gasteiger partial charge >= 0.3 is 0 Å². The SMILES string of the molecule is CC(C)Cc1nc(C(=O)N2CCNCC2c2nccn2C)cs1.Cl.Cl. The Labute approximate surface area is 164 Å². The van der Waals surface area contributed by atoms with Crippen LogP contribution in [0, 0.1) is 5.92 Å². The maximum Gasteiger partial charge on any atom is 0.274 e. The molecule has 3 heterocycles. The fraction of sp³-hybridized carbons (Fsp3) is 0.562. The second-order valence-electron chi connectivity index (χ2n) is 6.34. The molecule has 2 aromatic heterocycles. The van der Waals surface area contributed by atoms with Gasteiger partial charge in [-0.1, -0.05) is 13.8 Å². The van der Waals surface area contributed by atoms with Gasteiger partial charge < -0.3 is 14.8 Å². The summed E-state index contributed by atoms with van der Waals surface area (Å²) in [5, 5.41) is 6.27. The summed E-state index contributed by atoms with van der Waals surface area (Å²) in [6, 6.07) is -0.0495.